The lowest BCUT2D eigenvalue weighted by molar-refractivity contribution is -0.0516. The van der Waals surface area contributed by atoms with Gasteiger partial charge in [-0.3, -0.25) is 9.69 Å². The van der Waals surface area contributed by atoms with Gasteiger partial charge in [0, 0.05) is 31.1 Å². The summed E-state index contributed by atoms with van der Waals surface area (Å²) < 4.78 is 23.5. The van der Waals surface area contributed by atoms with Gasteiger partial charge >= 0.3 is 6.09 Å². The van der Waals surface area contributed by atoms with Crippen LogP contribution in [0.4, 0.5) is 4.79 Å². The van der Waals surface area contributed by atoms with Gasteiger partial charge in [0.25, 0.3) is 5.91 Å². The van der Waals surface area contributed by atoms with E-state index in [2.05, 4.69) is 10.2 Å². The van der Waals surface area contributed by atoms with E-state index in [-0.39, 0.29) is 30.4 Å². The molecule has 0 spiro atoms. The van der Waals surface area contributed by atoms with Crippen molar-refractivity contribution in [1.29, 1.82) is 0 Å². The van der Waals surface area contributed by atoms with Crippen molar-refractivity contribution in [1.82, 2.24) is 15.1 Å². The Morgan fingerprint density at radius 1 is 0.875 bits per heavy atom. The van der Waals surface area contributed by atoms with E-state index in [1.165, 1.54) is 0 Å². The molecule has 2 amide bonds. The van der Waals surface area contributed by atoms with E-state index in [0.717, 1.165) is 74.8 Å². The van der Waals surface area contributed by atoms with Crippen LogP contribution in [0.15, 0.2) is 78.9 Å². The fourth-order valence-corrected chi connectivity index (χ4v) is 7.68. The Morgan fingerprint density at radius 2 is 1.60 bits per heavy atom. The van der Waals surface area contributed by atoms with E-state index in [1.54, 1.807) is 0 Å². The average Bonchev–Trinajstić information content (AvgIpc) is 3.87. The van der Waals surface area contributed by atoms with Crippen molar-refractivity contribution in [2.24, 2.45) is 5.92 Å². The normalized spacial score (nSPS) is 23.1. The molecule has 1 N–H and O–H groups in total. The van der Waals surface area contributed by atoms with Crippen molar-refractivity contribution >= 4 is 12.0 Å². The summed E-state index contributed by atoms with van der Waals surface area (Å²) >= 11 is 0. The van der Waals surface area contributed by atoms with Gasteiger partial charge in [-0.2, -0.15) is 0 Å². The third kappa shape index (κ3) is 8.02. The number of fused-ring (bicyclic) bond motifs is 3. The Hall–Kier alpha value is -3.92. The summed E-state index contributed by atoms with van der Waals surface area (Å²) in [6.07, 6.45) is 6.60. The van der Waals surface area contributed by atoms with Crippen LogP contribution >= 0.6 is 0 Å². The standard InChI is InChI=1S/C39H47N3O6/c43-38(42(33-10-4-5-11-33)22-19-36-45-23-24-46-36)31-15-13-28(14-16-31)27-47-34-12-6-9-32(25-34)37(30-7-2-1-3-8-30)40-39(44)48-35-26-41-20-17-29(35)18-21-41/h1-3,6-9,12-16,25,29,33,35-37H,4-5,10-11,17-24,26-27H2,(H,40,44). The lowest BCUT2D eigenvalue weighted by Gasteiger charge is -2.43. The van der Waals surface area contributed by atoms with Crippen molar-refractivity contribution in [3.05, 3.63) is 101 Å². The number of amides is 2. The quantitative estimate of drug-likeness (QED) is 0.245. The smallest absolute Gasteiger partial charge is 0.408 e. The minimum absolute atomic E-state index is 0.0616. The predicted octanol–water partition coefficient (Wildman–Crippen LogP) is 6.32. The minimum atomic E-state index is -0.393. The van der Waals surface area contributed by atoms with Gasteiger partial charge in [0.05, 0.1) is 19.3 Å². The monoisotopic (exact) mass is 653 g/mol. The van der Waals surface area contributed by atoms with Gasteiger partial charge in [0.15, 0.2) is 6.29 Å². The van der Waals surface area contributed by atoms with E-state index in [0.29, 0.717) is 50.0 Å². The summed E-state index contributed by atoms with van der Waals surface area (Å²) in [6.45, 7) is 5.23. The van der Waals surface area contributed by atoms with Crippen molar-refractivity contribution in [3.8, 4) is 5.75 Å². The molecule has 0 radical (unpaired) electrons. The van der Waals surface area contributed by atoms with Crippen LogP contribution in [0, 0.1) is 5.92 Å². The lowest BCUT2D eigenvalue weighted by atomic mass is 9.86. The number of hydrogen-bond acceptors (Lipinski definition) is 7. The highest BCUT2D eigenvalue weighted by atomic mass is 16.7. The van der Waals surface area contributed by atoms with Crippen molar-refractivity contribution in [2.45, 2.75) is 76.0 Å². The zero-order valence-corrected chi connectivity index (χ0v) is 27.6. The van der Waals surface area contributed by atoms with Crippen molar-refractivity contribution < 1.29 is 28.5 Å². The highest BCUT2D eigenvalue weighted by molar-refractivity contribution is 5.94. The maximum absolute atomic E-state index is 13.6. The maximum atomic E-state index is 13.6. The first-order chi connectivity index (χ1) is 23.6. The summed E-state index contributed by atoms with van der Waals surface area (Å²) in [5.41, 5.74) is 3.53. The molecule has 9 nitrogen and oxygen atoms in total. The highest BCUT2D eigenvalue weighted by Gasteiger charge is 2.37. The van der Waals surface area contributed by atoms with Gasteiger partial charge in [-0.25, -0.2) is 4.79 Å². The minimum Gasteiger partial charge on any atom is -0.489 e. The third-order valence-corrected chi connectivity index (χ3v) is 10.4. The number of hydrogen-bond donors (Lipinski definition) is 1. The van der Waals surface area contributed by atoms with Gasteiger partial charge in [-0.15, -0.1) is 0 Å². The second kappa shape index (κ2) is 15.5. The zero-order valence-electron chi connectivity index (χ0n) is 27.6. The molecule has 254 valence electrons. The first-order valence-corrected chi connectivity index (χ1v) is 17.7. The molecular weight excluding hydrogens is 606 g/mol. The average molecular weight is 654 g/mol. The molecule has 3 aromatic carbocycles. The molecule has 8 rings (SSSR count). The van der Waals surface area contributed by atoms with E-state index < -0.39 is 6.09 Å². The van der Waals surface area contributed by atoms with E-state index in [4.69, 9.17) is 18.9 Å². The first-order valence-electron chi connectivity index (χ1n) is 17.7. The van der Waals surface area contributed by atoms with Crippen molar-refractivity contribution in [2.75, 3.05) is 39.4 Å². The molecule has 48 heavy (non-hydrogen) atoms. The molecule has 0 aromatic heterocycles. The topological polar surface area (TPSA) is 89.6 Å². The lowest BCUT2D eigenvalue weighted by Crippen LogP contribution is -2.52. The molecule has 4 heterocycles. The summed E-state index contributed by atoms with van der Waals surface area (Å²) in [7, 11) is 0. The molecule has 5 aliphatic rings. The number of piperidine rings is 3. The molecule has 3 aromatic rings. The number of benzene rings is 3. The molecule has 1 saturated carbocycles. The number of carbonyl (C=O) groups excluding carboxylic acids is 2. The Bertz CT molecular complexity index is 1500. The van der Waals surface area contributed by atoms with Gasteiger partial charge in [0.1, 0.15) is 18.5 Å². The summed E-state index contributed by atoms with van der Waals surface area (Å²) in [4.78, 5) is 31.3. The second-order valence-corrected chi connectivity index (χ2v) is 13.5. The summed E-state index contributed by atoms with van der Waals surface area (Å²) in [5.74, 6) is 1.20. The first kappa shape index (κ1) is 32.6. The van der Waals surface area contributed by atoms with Crippen LogP contribution in [0.2, 0.25) is 0 Å². The summed E-state index contributed by atoms with van der Waals surface area (Å²) in [5, 5.41) is 3.14. The van der Waals surface area contributed by atoms with Gasteiger partial charge in [-0.1, -0.05) is 67.4 Å². The molecule has 2 atom stereocenters. The van der Waals surface area contributed by atoms with E-state index >= 15 is 0 Å². The Morgan fingerprint density at radius 3 is 2.31 bits per heavy atom. The Balaban J connectivity index is 0.984. The van der Waals surface area contributed by atoms with Crippen LogP contribution in [0.5, 0.6) is 5.75 Å². The van der Waals surface area contributed by atoms with Gasteiger partial charge < -0.3 is 29.2 Å². The zero-order chi connectivity index (χ0) is 32.7. The third-order valence-electron chi connectivity index (χ3n) is 10.4. The Labute approximate surface area is 283 Å². The fourth-order valence-electron chi connectivity index (χ4n) is 7.68. The molecule has 4 aliphatic heterocycles. The van der Waals surface area contributed by atoms with Gasteiger partial charge in [0.2, 0.25) is 0 Å². The molecule has 2 bridgehead atoms. The van der Waals surface area contributed by atoms with E-state index in [1.807, 2.05) is 83.8 Å². The van der Waals surface area contributed by atoms with Gasteiger partial charge in [-0.05, 0) is 85.6 Å². The SMILES string of the molecule is O=C(NC(c1ccccc1)c1cccc(OCc2ccc(C(=O)N(CCC3OCCO3)C3CCCC3)cc2)c1)OC1CN2CCC1CC2. The number of rotatable bonds is 12. The predicted molar refractivity (Wildman–Crippen MR) is 182 cm³/mol. The molecule has 1 aliphatic carbocycles. The van der Waals surface area contributed by atoms with Crippen LogP contribution in [-0.2, 0) is 20.8 Å². The largest absolute Gasteiger partial charge is 0.489 e. The van der Waals surface area contributed by atoms with Crippen LogP contribution in [0.1, 0.15) is 78.0 Å². The molecule has 2 unspecified atom stereocenters. The molecule has 9 heteroatoms. The number of carbonyl (C=O) groups is 2. The highest BCUT2D eigenvalue weighted by Crippen LogP contribution is 2.31. The number of alkyl carbamates (subject to hydrolysis) is 1. The summed E-state index contributed by atoms with van der Waals surface area (Å²) in [6, 6.07) is 25.4. The molecule has 5 fully saturated rings. The van der Waals surface area contributed by atoms with Crippen LogP contribution in [-0.4, -0.2) is 79.6 Å². The number of nitrogens with one attached hydrogen (secondary N) is 1. The molecule has 4 saturated heterocycles. The van der Waals surface area contributed by atoms with Crippen molar-refractivity contribution in [3.63, 3.8) is 0 Å². The van der Waals surface area contributed by atoms with Crippen LogP contribution in [0.25, 0.3) is 0 Å². The van der Waals surface area contributed by atoms with Crippen LogP contribution < -0.4 is 10.1 Å². The van der Waals surface area contributed by atoms with E-state index in [9.17, 15) is 9.59 Å². The number of nitrogens with zero attached hydrogens (tertiary/aromatic N) is 2. The Kier molecular flexibility index (Phi) is 10.6. The fraction of sp³-hybridized carbons (Fsp3) is 0.487. The molecular formula is C39H47N3O6. The number of ether oxygens (including phenoxy) is 4. The maximum Gasteiger partial charge on any atom is 0.408 e. The van der Waals surface area contributed by atoms with Crippen LogP contribution in [0.3, 0.4) is 0 Å². The second-order valence-electron chi connectivity index (χ2n) is 13.5.